The van der Waals surface area contributed by atoms with Crippen molar-refractivity contribution in [1.82, 2.24) is 19.9 Å². The lowest BCUT2D eigenvalue weighted by molar-refractivity contribution is 0.309. The summed E-state index contributed by atoms with van der Waals surface area (Å²) >= 11 is 0. The van der Waals surface area contributed by atoms with Crippen LogP contribution in [0, 0.1) is 0 Å². The average Bonchev–Trinajstić information content (AvgIpc) is 3.36. The summed E-state index contributed by atoms with van der Waals surface area (Å²) in [5, 5.41) is 3.81. The van der Waals surface area contributed by atoms with Crippen LogP contribution >= 0.6 is 0 Å². The van der Waals surface area contributed by atoms with Crippen LogP contribution in [0.3, 0.4) is 0 Å². The second-order valence-corrected chi connectivity index (χ2v) is 7.77. The number of rotatable bonds is 4. The molecule has 0 spiro atoms. The maximum absolute atomic E-state index is 4.93. The molecule has 1 aliphatic carbocycles. The Hall–Kier alpha value is -2.79. The molecular weight excluding hydrogens is 346 g/mol. The molecule has 142 valence electrons. The number of fused-ring (bicyclic) bond motifs is 1. The van der Waals surface area contributed by atoms with Crippen LogP contribution in [0.15, 0.2) is 54.7 Å². The molecule has 3 aromatic rings. The van der Waals surface area contributed by atoms with Crippen molar-refractivity contribution in [3.8, 4) is 11.5 Å². The number of nitrogens with one attached hydrogen (secondary N) is 1. The largest absolute Gasteiger partial charge is 0.365 e. The fraction of sp³-hybridized carbons (Fsp3) is 0.348. The third kappa shape index (κ3) is 3.16. The molecule has 0 radical (unpaired) electrons. The lowest BCUT2D eigenvalue weighted by atomic mass is 10.00. The van der Waals surface area contributed by atoms with Gasteiger partial charge in [0.1, 0.15) is 11.5 Å². The van der Waals surface area contributed by atoms with E-state index in [0.29, 0.717) is 12.1 Å². The van der Waals surface area contributed by atoms with Gasteiger partial charge in [0.05, 0.1) is 6.04 Å². The van der Waals surface area contributed by atoms with Gasteiger partial charge in [-0.2, -0.15) is 0 Å². The van der Waals surface area contributed by atoms with E-state index in [-0.39, 0.29) is 0 Å². The third-order valence-electron chi connectivity index (χ3n) is 5.94. The Labute approximate surface area is 165 Å². The molecule has 0 unspecified atom stereocenters. The SMILES string of the molecule is CN1CC[C@@H](Nc2nc(-c3ccccn3)nc3c2CCC3)[C@@H]1c1ccccc1. The Morgan fingerprint density at radius 2 is 1.86 bits per heavy atom. The average molecular weight is 371 g/mol. The second kappa shape index (κ2) is 7.32. The highest BCUT2D eigenvalue weighted by Crippen LogP contribution is 2.35. The van der Waals surface area contributed by atoms with Crippen LogP contribution in [0.1, 0.15) is 35.7 Å². The first kappa shape index (κ1) is 17.3. The Kier molecular flexibility index (Phi) is 4.53. The summed E-state index contributed by atoms with van der Waals surface area (Å²) in [5.41, 5.74) is 4.67. The van der Waals surface area contributed by atoms with Crippen molar-refractivity contribution in [2.75, 3.05) is 18.9 Å². The normalized spacial score (nSPS) is 21.6. The summed E-state index contributed by atoms with van der Waals surface area (Å²) < 4.78 is 0. The van der Waals surface area contributed by atoms with Crippen LogP contribution in [0.2, 0.25) is 0 Å². The molecule has 5 rings (SSSR count). The first-order valence-corrected chi connectivity index (χ1v) is 10.1. The van der Waals surface area contributed by atoms with Gasteiger partial charge in [0.15, 0.2) is 5.82 Å². The first-order valence-electron chi connectivity index (χ1n) is 10.1. The van der Waals surface area contributed by atoms with Crippen LogP contribution in [-0.2, 0) is 12.8 Å². The van der Waals surface area contributed by atoms with Gasteiger partial charge >= 0.3 is 0 Å². The zero-order valence-electron chi connectivity index (χ0n) is 16.2. The predicted molar refractivity (Wildman–Crippen MR) is 111 cm³/mol. The highest BCUT2D eigenvalue weighted by molar-refractivity contribution is 5.58. The summed E-state index contributed by atoms with van der Waals surface area (Å²) in [6, 6.07) is 17.4. The number of benzene rings is 1. The van der Waals surface area contributed by atoms with Crippen molar-refractivity contribution in [2.45, 2.75) is 37.8 Å². The van der Waals surface area contributed by atoms with Gasteiger partial charge in [0, 0.05) is 30.0 Å². The number of hydrogen-bond acceptors (Lipinski definition) is 5. The van der Waals surface area contributed by atoms with Crippen molar-refractivity contribution in [3.63, 3.8) is 0 Å². The molecule has 2 atom stereocenters. The molecule has 1 aromatic carbocycles. The van der Waals surface area contributed by atoms with Crippen molar-refractivity contribution < 1.29 is 0 Å². The first-order chi connectivity index (χ1) is 13.8. The fourth-order valence-electron chi connectivity index (χ4n) is 4.57. The van der Waals surface area contributed by atoms with Gasteiger partial charge in [-0.15, -0.1) is 0 Å². The van der Waals surface area contributed by atoms with E-state index in [2.05, 4.69) is 52.6 Å². The number of pyridine rings is 1. The van der Waals surface area contributed by atoms with Crippen molar-refractivity contribution >= 4 is 5.82 Å². The lowest BCUT2D eigenvalue weighted by Crippen LogP contribution is -2.29. The van der Waals surface area contributed by atoms with Crippen LogP contribution in [-0.4, -0.2) is 39.5 Å². The molecule has 2 aromatic heterocycles. The van der Waals surface area contributed by atoms with Gasteiger partial charge in [0.25, 0.3) is 0 Å². The molecule has 2 aliphatic rings. The molecule has 1 N–H and O–H groups in total. The molecule has 1 aliphatic heterocycles. The van der Waals surface area contributed by atoms with Crippen molar-refractivity contribution in [3.05, 3.63) is 71.5 Å². The van der Waals surface area contributed by atoms with Gasteiger partial charge in [-0.3, -0.25) is 9.88 Å². The molecule has 5 heteroatoms. The Balaban J connectivity index is 1.50. The Morgan fingerprint density at radius 1 is 1.00 bits per heavy atom. The summed E-state index contributed by atoms with van der Waals surface area (Å²) in [6.45, 7) is 1.08. The summed E-state index contributed by atoms with van der Waals surface area (Å²) in [4.78, 5) is 16.7. The molecule has 0 bridgehead atoms. The molecular formula is C23H25N5. The smallest absolute Gasteiger partial charge is 0.180 e. The number of hydrogen-bond donors (Lipinski definition) is 1. The molecule has 1 fully saturated rings. The van der Waals surface area contributed by atoms with Crippen LogP contribution in [0.4, 0.5) is 5.82 Å². The minimum atomic E-state index is 0.337. The number of anilines is 1. The zero-order chi connectivity index (χ0) is 18.9. The molecule has 1 saturated heterocycles. The lowest BCUT2D eigenvalue weighted by Gasteiger charge is -2.27. The van der Waals surface area contributed by atoms with E-state index < -0.39 is 0 Å². The van der Waals surface area contributed by atoms with Gasteiger partial charge in [-0.1, -0.05) is 36.4 Å². The van der Waals surface area contributed by atoms with E-state index in [1.165, 1.54) is 16.8 Å². The number of aromatic nitrogens is 3. The fourth-order valence-corrected chi connectivity index (χ4v) is 4.57. The quantitative estimate of drug-likeness (QED) is 0.754. The maximum Gasteiger partial charge on any atom is 0.180 e. The second-order valence-electron chi connectivity index (χ2n) is 7.77. The predicted octanol–water partition coefficient (Wildman–Crippen LogP) is 3.88. The van der Waals surface area contributed by atoms with E-state index in [9.17, 15) is 0 Å². The summed E-state index contributed by atoms with van der Waals surface area (Å²) in [6.07, 6.45) is 6.14. The van der Waals surface area contributed by atoms with Gasteiger partial charge in [0.2, 0.25) is 0 Å². The van der Waals surface area contributed by atoms with E-state index >= 15 is 0 Å². The highest BCUT2D eigenvalue weighted by atomic mass is 15.2. The Morgan fingerprint density at radius 3 is 2.68 bits per heavy atom. The topological polar surface area (TPSA) is 53.9 Å². The minimum Gasteiger partial charge on any atom is -0.365 e. The Bertz CT molecular complexity index is 957. The minimum absolute atomic E-state index is 0.337. The van der Waals surface area contributed by atoms with Gasteiger partial charge in [-0.25, -0.2) is 9.97 Å². The molecule has 0 saturated carbocycles. The monoisotopic (exact) mass is 371 g/mol. The van der Waals surface area contributed by atoms with E-state index in [1.54, 1.807) is 6.20 Å². The number of nitrogens with zero attached hydrogens (tertiary/aromatic N) is 4. The number of likely N-dealkylation sites (tertiary alicyclic amines) is 1. The van der Waals surface area contributed by atoms with Crippen LogP contribution in [0.5, 0.6) is 0 Å². The molecule has 5 nitrogen and oxygen atoms in total. The molecule has 0 amide bonds. The molecule has 28 heavy (non-hydrogen) atoms. The zero-order valence-corrected chi connectivity index (χ0v) is 16.2. The number of aryl methyl sites for hydroxylation is 1. The van der Waals surface area contributed by atoms with Gasteiger partial charge < -0.3 is 5.32 Å². The third-order valence-corrected chi connectivity index (χ3v) is 5.94. The van der Waals surface area contributed by atoms with Crippen molar-refractivity contribution in [1.29, 1.82) is 0 Å². The van der Waals surface area contributed by atoms with Crippen molar-refractivity contribution in [2.24, 2.45) is 0 Å². The van der Waals surface area contributed by atoms with E-state index in [1.807, 2.05) is 18.2 Å². The standard InChI is InChI=1S/C23H25N5/c1-28-15-13-19(21(28)16-8-3-2-4-9-16)26-22-17-10-7-12-18(17)25-23(27-22)20-11-5-6-14-24-20/h2-6,8-9,11,14,19,21H,7,10,12-13,15H2,1H3,(H,25,26,27)/t19-,21+/m1/s1. The van der Waals surface area contributed by atoms with E-state index in [4.69, 9.17) is 9.97 Å². The maximum atomic E-state index is 4.93. The van der Waals surface area contributed by atoms with Gasteiger partial charge in [-0.05, 0) is 50.4 Å². The number of likely N-dealkylation sites (N-methyl/N-ethyl adjacent to an activating group) is 1. The highest BCUT2D eigenvalue weighted by Gasteiger charge is 2.34. The summed E-state index contributed by atoms with van der Waals surface area (Å²) in [7, 11) is 2.21. The molecule has 3 heterocycles. The summed E-state index contributed by atoms with van der Waals surface area (Å²) in [5.74, 6) is 1.73. The van der Waals surface area contributed by atoms with Crippen LogP contribution in [0.25, 0.3) is 11.5 Å². The van der Waals surface area contributed by atoms with Crippen LogP contribution < -0.4 is 5.32 Å². The van der Waals surface area contributed by atoms with E-state index in [0.717, 1.165) is 49.6 Å².